The van der Waals surface area contributed by atoms with Crippen LogP contribution in [0, 0.1) is 0 Å². The first kappa shape index (κ1) is 16.8. The average Bonchev–Trinajstić information content (AvgIpc) is 3.05. The molecule has 0 saturated carbocycles. The Hall–Kier alpha value is -2.63. The molecule has 0 saturated heterocycles. The number of benzene rings is 3. The van der Waals surface area contributed by atoms with Crippen LogP contribution in [-0.4, -0.2) is 24.6 Å². The van der Waals surface area contributed by atoms with Crippen molar-refractivity contribution in [3.8, 4) is 22.3 Å². The van der Waals surface area contributed by atoms with Crippen LogP contribution in [0.2, 0.25) is 5.02 Å². The third-order valence-corrected chi connectivity index (χ3v) is 5.41. The largest absolute Gasteiger partial charge is 0.329 e. The van der Waals surface area contributed by atoms with Crippen LogP contribution in [0.5, 0.6) is 0 Å². The van der Waals surface area contributed by atoms with Crippen LogP contribution in [0.15, 0.2) is 71.9 Å². The van der Waals surface area contributed by atoms with Crippen molar-refractivity contribution in [2.75, 3.05) is 6.26 Å². The summed E-state index contributed by atoms with van der Waals surface area (Å²) in [6, 6.07) is 21.7. The van der Waals surface area contributed by atoms with Gasteiger partial charge in [0.25, 0.3) is 0 Å². The summed E-state index contributed by atoms with van der Waals surface area (Å²) in [6.45, 7) is 0. The van der Waals surface area contributed by atoms with Gasteiger partial charge in [0.2, 0.25) is 15.0 Å². The van der Waals surface area contributed by atoms with Gasteiger partial charge in [-0.25, -0.2) is 13.4 Å². The van der Waals surface area contributed by atoms with Gasteiger partial charge in [0, 0.05) is 11.8 Å². The summed E-state index contributed by atoms with van der Waals surface area (Å²) in [7, 11) is -3.40. The molecule has 1 N–H and O–H groups in total. The molecule has 0 amide bonds. The molecule has 0 fully saturated rings. The molecule has 0 spiro atoms. The number of sulfone groups is 1. The lowest BCUT2D eigenvalue weighted by Gasteiger charge is -2.07. The van der Waals surface area contributed by atoms with Gasteiger partial charge in [-0.05, 0) is 28.8 Å². The van der Waals surface area contributed by atoms with Gasteiger partial charge < -0.3 is 4.98 Å². The van der Waals surface area contributed by atoms with E-state index in [0.29, 0.717) is 16.1 Å². The quantitative estimate of drug-likeness (QED) is 0.545. The zero-order chi connectivity index (χ0) is 18.3. The number of imidazole rings is 1. The van der Waals surface area contributed by atoms with Crippen molar-refractivity contribution in [3.63, 3.8) is 0 Å². The van der Waals surface area contributed by atoms with E-state index in [1.807, 2.05) is 42.5 Å². The number of H-pyrrole nitrogens is 1. The van der Waals surface area contributed by atoms with Crippen molar-refractivity contribution in [2.24, 2.45) is 0 Å². The molecule has 6 heteroatoms. The fourth-order valence-corrected chi connectivity index (χ4v) is 3.71. The molecule has 0 aliphatic carbocycles. The molecule has 1 heterocycles. The molecule has 26 heavy (non-hydrogen) atoms. The molecule has 4 rings (SSSR count). The number of aromatic amines is 1. The Bertz CT molecular complexity index is 1200. The number of hydrogen-bond donors (Lipinski definition) is 1. The van der Waals surface area contributed by atoms with E-state index < -0.39 is 9.84 Å². The van der Waals surface area contributed by atoms with Crippen LogP contribution in [0.4, 0.5) is 0 Å². The normalized spacial score (nSPS) is 11.8. The summed E-state index contributed by atoms with van der Waals surface area (Å²) in [4.78, 5) is 6.98. The second-order valence-electron chi connectivity index (χ2n) is 6.11. The molecule has 4 aromatic rings. The summed E-state index contributed by atoms with van der Waals surface area (Å²) in [5, 5.41) is 0.480. The lowest BCUT2D eigenvalue weighted by Crippen LogP contribution is -1.98. The van der Waals surface area contributed by atoms with Crippen molar-refractivity contribution in [1.29, 1.82) is 0 Å². The summed E-state index contributed by atoms with van der Waals surface area (Å²) >= 11 is 6.42. The number of fused-ring (bicyclic) bond motifs is 1. The van der Waals surface area contributed by atoms with Gasteiger partial charge in [0.05, 0.1) is 16.1 Å². The number of rotatable bonds is 3. The third kappa shape index (κ3) is 3.11. The lowest BCUT2D eigenvalue weighted by molar-refractivity contribution is 0.595. The van der Waals surface area contributed by atoms with Gasteiger partial charge in [-0.2, -0.15) is 0 Å². The van der Waals surface area contributed by atoms with E-state index in [1.165, 1.54) is 0 Å². The minimum absolute atomic E-state index is 0.0554. The number of hydrogen-bond acceptors (Lipinski definition) is 3. The van der Waals surface area contributed by atoms with Gasteiger partial charge in [0.15, 0.2) is 0 Å². The smallest absolute Gasteiger partial charge is 0.225 e. The minimum atomic E-state index is -3.40. The molecular formula is C20H15ClN2O2S. The highest BCUT2D eigenvalue weighted by molar-refractivity contribution is 7.90. The summed E-state index contributed by atoms with van der Waals surface area (Å²) in [6.07, 6.45) is 1.12. The van der Waals surface area contributed by atoms with Crippen LogP contribution in [0.25, 0.3) is 33.3 Å². The summed E-state index contributed by atoms with van der Waals surface area (Å²) < 4.78 is 23.4. The van der Waals surface area contributed by atoms with Crippen molar-refractivity contribution >= 4 is 32.5 Å². The fraction of sp³-hybridized carbons (Fsp3) is 0.0500. The Morgan fingerprint density at radius 1 is 0.885 bits per heavy atom. The molecular weight excluding hydrogens is 368 g/mol. The minimum Gasteiger partial charge on any atom is -0.329 e. The molecule has 0 unspecified atom stereocenters. The summed E-state index contributed by atoms with van der Waals surface area (Å²) in [5.74, 6) is 0. The summed E-state index contributed by atoms with van der Waals surface area (Å²) in [5.41, 5.74) is 5.18. The van der Waals surface area contributed by atoms with Crippen molar-refractivity contribution in [1.82, 2.24) is 9.97 Å². The Labute approximate surface area is 156 Å². The van der Waals surface area contributed by atoms with Crippen LogP contribution >= 0.6 is 11.6 Å². The number of halogens is 1. The van der Waals surface area contributed by atoms with E-state index in [1.54, 1.807) is 12.1 Å². The van der Waals surface area contributed by atoms with Crippen LogP contribution in [0.3, 0.4) is 0 Å². The van der Waals surface area contributed by atoms with E-state index in [2.05, 4.69) is 22.1 Å². The first-order valence-electron chi connectivity index (χ1n) is 7.97. The van der Waals surface area contributed by atoms with Gasteiger partial charge in [-0.15, -0.1) is 0 Å². The van der Waals surface area contributed by atoms with Crippen LogP contribution in [0.1, 0.15) is 0 Å². The Morgan fingerprint density at radius 2 is 1.50 bits per heavy atom. The first-order chi connectivity index (χ1) is 12.4. The zero-order valence-corrected chi connectivity index (χ0v) is 15.5. The molecule has 0 bridgehead atoms. The van der Waals surface area contributed by atoms with Crippen LogP contribution in [-0.2, 0) is 9.84 Å². The topological polar surface area (TPSA) is 62.8 Å². The first-order valence-corrected chi connectivity index (χ1v) is 10.2. The van der Waals surface area contributed by atoms with Crippen molar-refractivity contribution < 1.29 is 8.42 Å². The Kier molecular flexibility index (Phi) is 4.05. The Morgan fingerprint density at radius 3 is 2.15 bits per heavy atom. The molecule has 1 aromatic heterocycles. The van der Waals surface area contributed by atoms with E-state index in [9.17, 15) is 8.42 Å². The highest BCUT2D eigenvalue weighted by atomic mass is 35.5. The van der Waals surface area contributed by atoms with E-state index in [4.69, 9.17) is 11.6 Å². The molecule has 4 nitrogen and oxygen atoms in total. The standard InChI is InChI=1S/C20H15ClN2O2S/c1-26(24,25)20-22-18-11-16(17(21)12-19(18)23-20)15-9-7-14(8-10-15)13-5-3-2-4-6-13/h2-12H,1H3,(H,22,23). The number of nitrogens with one attached hydrogen (secondary N) is 1. The maximum absolute atomic E-state index is 11.7. The molecule has 0 aliphatic heterocycles. The average molecular weight is 383 g/mol. The monoisotopic (exact) mass is 382 g/mol. The maximum Gasteiger partial charge on any atom is 0.225 e. The second kappa shape index (κ2) is 6.27. The highest BCUT2D eigenvalue weighted by Gasteiger charge is 2.15. The predicted octanol–water partition coefficient (Wildman–Crippen LogP) is 4.95. The van der Waals surface area contributed by atoms with Gasteiger partial charge in [-0.3, -0.25) is 0 Å². The SMILES string of the molecule is CS(=O)(=O)c1nc2cc(-c3ccc(-c4ccccc4)cc3)c(Cl)cc2[nH]1. The second-order valence-corrected chi connectivity index (χ2v) is 8.44. The third-order valence-electron chi connectivity index (χ3n) is 4.20. The zero-order valence-electron chi connectivity index (χ0n) is 13.9. The molecule has 0 radical (unpaired) electrons. The maximum atomic E-state index is 11.7. The lowest BCUT2D eigenvalue weighted by atomic mass is 10.00. The number of nitrogens with zero attached hydrogens (tertiary/aromatic N) is 1. The predicted molar refractivity (Wildman–Crippen MR) is 105 cm³/mol. The van der Waals surface area contributed by atoms with E-state index in [-0.39, 0.29) is 5.16 Å². The van der Waals surface area contributed by atoms with Gasteiger partial charge >= 0.3 is 0 Å². The van der Waals surface area contributed by atoms with Gasteiger partial charge in [-0.1, -0.05) is 66.2 Å². The number of aromatic nitrogens is 2. The fourth-order valence-electron chi connectivity index (χ4n) is 2.88. The molecule has 0 aliphatic rings. The highest BCUT2D eigenvalue weighted by Crippen LogP contribution is 2.33. The van der Waals surface area contributed by atoms with Crippen molar-refractivity contribution in [3.05, 3.63) is 71.8 Å². The van der Waals surface area contributed by atoms with Crippen LogP contribution < -0.4 is 0 Å². The van der Waals surface area contributed by atoms with Gasteiger partial charge in [0.1, 0.15) is 0 Å². The Balaban J connectivity index is 1.77. The van der Waals surface area contributed by atoms with E-state index >= 15 is 0 Å². The molecule has 3 aromatic carbocycles. The molecule has 130 valence electrons. The van der Waals surface area contributed by atoms with E-state index in [0.717, 1.165) is 28.5 Å². The van der Waals surface area contributed by atoms with Crippen molar-refractivity contribution in [2.45, 2.75) is 5.16 Å². The molecule has 0 atom stereocenters.